The van der Waals surface area contributed by atoms with E-state index in [-0.39, 0.29) is 0 Å². The highest BCUT2D eigenvalue weighted by molar-refractivity contribution is 5.22. The van der Waals surface area contributed by atoms with Crippen LogP contribution >= 0.6 is 0 Å². The molecule has 1 heterocycles. The predicted molar refractivity (Wildman–Crippen MR) is 69.9 cm³/mol. The maximum Gasteiger partial charge on any atom is 0.0593 e. The van der Waals surface area contributed by atoms with Gasteiger partial charge in [0.1, 0.15) is 0 Å². The molecule has 0 bridgehead atoms. The number of hydrogen-bond acceptors (Lipinski definition) is 3. The first-order valence-electron chi connectivity index (χ1n) is 6.46. The van der Waals surface area contributed by atoms with Gasteiger partial charge in [-0.3, -0.25) is 4.90 Å². The molecule has 0 aliphatic carbocycles. The molecule has 3 heteroatoms. The Labute approximate surface area is 104 Å². The molecule has 2 rings (SSSR count). The van der Waals surface area contributed by atoms with Crippen molar-refractivity contribution < 1.29 is 4.74 Å². The lowest BCUT2D eigenvalue weighted by molar-refractivity contribution is 0.140. The van der Waals surface area contributed by atoms with Crippen molar-refractivity contribution in [1.82, 2.24) is 4.90 Å². The number of nitrogens with zero attached hydrogens (tertiary/aromatic N) is 1. The maximum atomic E-state index is 5.54. The third-order valence-electron chi connectivity index (χ3n) is 3.18. The molecule has 1 saturated heterocycles. The quantitative estimate of drug-likeness (QED) is 0.856. The summed E-state index contributed by atoms with van der Waals surface area (Å²) in [5.41, 5.74) is 8.25. The second kappa shape index (κ2) is 6.74. The van der Waals surface area contributed by atoms with Crippen molar-refractivity contribution in [3.63, 3.8) is 0 Å². The van der Waals surface area contributed by atoms with Gasteiger partial charge in [0, 0.05) is 26.2 Å². The summed E-state index contributed by atoms with van der Waals surface area (Å²) in [6.07, 6.45) is 2.11. The molecule has 0 aromatic heterocycles. The molecule has 0 atom stereocenters. The Hall–Kier alpha value is -0.900. The summed E-state index contributed by atoms with van der Waals surface area (Å²) in [5, 5.41) is 0. The van der Waals surface area contributed by atoms with E-state index < -0.39 is 0 Å². The van der Waals surface area contributed by atoms with Crippen LogP contribution in [0.5, 0.6) is 0 Å². The molecule has 0 amide bonds. The minimum atomic E-state index is 0.725. The lowest BCUT2D eigenvalue weighted by atomic mass is 10.1. The molecule has 0 spiro atoms. The van der Waals surface area contributed by atoms with Gasteiger partial charge in [0.05, 0.1) is 6.61 Å². The van der Waals surface area contributed by atoms with Crippen LogP contribution in [0.1, 0.15) is 17.5 Å². The second-order valence-electron chi connectivity index (χ2n) is 4.60. The van der Waals surface area contributed by atoms with Crippen LogP contribution in [0.2, 0.25) is 0 Å². The highest BCUT2D eigenvalue weighted by Crippen LogP contribution is 2.09. The van der Waals surface area contributed by atoms with E-state index in [0.29, 0.717) is 0 Å². The average Bonchev–Trinajstić information content (AvgIpc) is 2.61. The van der Waals surface area contributed by atoms with Crippen molar-refractivity contribution in [3.05, 3.63) is 35.4 Å². The molecule has 17 heavy (non-hydrogen) atoms. The Kier molecular flexibility index (Phi) is 4.98. The van der Waals surface area contributed by atoms with Crippen LogP contribution in [-0.4, -0.2) is 37.7 Å². The molecule has 1 aromatic rings. The van der Waals surface area contributed by atoms with Gasteiger partial charge < -0.3 is 10.5 Å². The summed E-state index contributed by atoms with van der Waals surface area (Å²) in [4.78, 5) is 2.46. The molecular formula is C14H22N2O. The third kappa shape index (κ3) is 4.11. The van der Waals surface area contributed by atoms with E-state index in [1.54, 1.807) is 0 Å². The molecule has 1 fully saturated rings. The van der Waals surface area contributed by atoms with Crippen molar-refractivity contribution in [2.45, 2.75) is 19.4 Å². The molecule has 0 radical (unpaired) electrons. The normalized spacial score (nSPS) is 17.9. The van der Waals surface area contributed by atoms with Crippen molar-refractivity contribution >= 4 is 0 Å². The van der Waals surface area contributed by atoms with Crippen molar-refractivity contribution in [1.29, 1.82) is 0 Å². The van der Waals surface area contributed by atoms with E-state index in [1.165, 1.54) is 11.1 Å². The average molecular weight is 234 g/mol. The molecule has 0 saturated carbocycles. The number of ether oxygens (including phenoxy) is 1. The van der Waals surface area contributed by atoms with E-state index in [9.17, 15) is 0 Å². The highest BCUT2D eigenvalue weighted by atomic mass is 16.5. The van der Waals surface area contributed by atoms with Gasteiger partial charge >= 0.3 is 0 Å². The van der Waals surface area contributed by atoms with Gasteiger partial charge in [-0.15, -0.1) is 0 Å². The smallest absolute Gasteiger partial charge is 0.0593 e. The molecule has 94 valence electrons. The minimum absolute atomic E-state index is 0.725. The van der Waals surface area contributed by atoms with Crippen LogP contribution in [0.4, 0.5) is 0 Å². The number of hydrogen-bond donors (Lipinski definition) is 1. The standard InChI is InChI=1S/C14H22N2O/c15-7-6-13-2-4-14(5-3-13)12-16-8-1-10-17-11-9-16/h2-5H,1,6-12,15H2. The lowest BCUT2D eigenvalue weighted by Crippen LogP contribution is -2.25. The Morgan fingerprint density at radius 1 is 1.06 bits per heavy atom. The van der Waals surface area contributed by atoms with Crippen LogP contribution < -0.4 is 5.73 Å². The Morgan fingerprint density at radius 2 is 1.82 bits per heavy atom. The number of nitrogens with two attached hydrogens (primary N) is 1. The van der Waals surface area contributed by atoms with Crippen LogP contribution in [0, 0.1) is 0 Å². The van der Waals surface area contributed by atoms with E-state index in [1.807, 2.05) is 0 Å². The fourth-order valence-electron chi connectivity index (χ4n) is 2.19. The Balaban J connectivity index is 1.88. The summed E-state index contributed by atoms with van der Waals surface area (Å²) < 4.78 is 5.46. The van der Waals surface area contributed by atoms with Crippen LogP contribution in [0.25, 0.3) is 0 Å². The first-order valence-corrected chi connectivity index (χ1v) is 6.46. The van der Waals surface area contributed by atoms with Crippen LogP contribution in [0.15, 0.2) is 24.3 Å². The molecule has 1 aliphatic heterocycles. The van der Waals surface area contributed by atoms with E-state index in [2.05, 4.69) is 29.2 Å². The van der Waals surface area contributed by atoms with Gasteiger partial charge in [-0.2, -0.15) is 0 Å². The van der Waals surface area contributed by atoms with Gasteiger partial charge in [-0.05, 0) is 30.5 Å². The summed E-state index contributed by atoms with van der Waals surface area (Å²) in [5.74, 6) is 0. The Bertz CT molecular complexity index is 315. The van der Waals surface area contributed by atoms with Gasteiger partial charge in [0.25, 0.3) is 0 Å². The topological polar surface area (TPSA) is 38.5 Å². The number of rotatable bonds is 4. The van der Waals surface area contributed by atoms with E-state index >= 15 is 0 Å². The van der Waals surface area contributed by atoms with Crippen molar-refractivity contribution in [2.75, 3.05) is 32.8 Å². The van der Waals surface area contributed by atoms with Gasteiger partial charge in [0.2, 0.25) is 0 Å². The zero-order chi connectivity index (χ0) is 11.9. The largest absolute Gasteiger partial charge is 0.380 e. The molecule has 3 nitrogen and oxygen atoms in total. The van der Waals surface area contributed by atoms with Crippen LogP contribution in [0.3, 0.4) is 0 Å². The van der Waals surface area contributed by atoms with Gasteiger partial charge in [0.15, 0.2) is 0 Å². The van der Waals surface area contributed by atoms with Gasteiger partial charge in [-0.25, -0.2) is 0 Å². The zero-order valence-corrected chi connectivity index (χ0v) is 10.4. The highest BCUT2D eigenvalue weighted by Gasteiger charge is 2.09. The molecule has 1 aliphatic rings. The lowest BCUT2D eigenvalue weighted by Gasteiger charge is -2.19. The van der Waals surface area contributed by atoms with Crippen molar-refractivity contribution in [2.24, 2.45) is 5.73 Å². The molecule has 2 N–H and O–H groups in total. The monoisotopic (exact) mass is 234 g/mol. The zero-order valence-electron chi connectivity index (χ0n) is 10.4. The molecule has 1 aromatic carbocycles. The van der Waals surface area contributed by atoms with Crippen molar-refractivity contribution in [3.8, 4) is 0 Å². The Morgan fingerprint density at radius 3 is 2.59 bits per heavy atom. The third-order valence-corrected chi connectivity index (χ3v) is 3.18. The van der Waals surface area contributed by atoms with E-state index in [4.69, 9.17) is 10.5 Å². The van der Waals surface area contributed by atoms with E-state index in [0.717, 1.165) is 52.2 Å². The van der Waals surface area contributed by atoms with Gasteiger partial charge in [-0.1, -0.05) is 24.3 Å². The summed E-state index contributed by atoms with van der Waals surface area (Å²) >= 11 is 0. The minimum Gasteiger partial charge on any atom is -0.380 e. The summed E-state index contributed by atoms with van der Waals surface area (Å²) in [7, 11) is 0. The van der Waals surface area contributed by atoms with Crippen LogP contribution in [-0.2, 0) is 17.7 Å². The molecule has 0 unspecified atom stereocenters. The fraction of sp³-hybridized carbons (Fsp3) is 0.571. The second-order valence-corrected chi connectivity index (χ2v) is 4.60. The SMILES string of the molecule is NCCc1ccc(CN2CCCOCC2)cc1. The summed E-state index contributed by atoms with van der Waals surface area (Å²) in [6, 6.07) is 8.82. The molecular weight excluding hydrogens is 212 g/mol. The fourth-order valence-corrected chi connectivity index (χ4v) is 2.19. The number of benzene rings is 1. The first-order chi connectivity index (χ1) is 8.38. The summed E-state index contributed by atoms with van der Waals surface area (Å²) in [6.45, 7) is 5.72. The predicted octanol–water partition coefficient (Wildman–Crippen LogP) is 1.41. The first kappa shape index (κ1) is 12.6. The maximum absolute atomic E-state index is 5.54.